The minimum absolute atomic E-state index is 0.520. The van der Waals surface area contributed by atoms with Crippen molar-refractivity contribution in [1.29, 1.82) is 0 Å². The fraction of sp³-hybridized carbons (Fsp3) is 0.643. The van der Waals surface area contributed by atoms with Gasteiger partial charge in [-0.2, -0.15) is 0 Å². The number of aromatic nitrogens is 1. The van der Waals surface area contributed by atoms with Gasteiger partial charge in [0.25, 0.3) is 0 Å². The standard InChI is InChI=1S/C14H24N4O2S/c1-21(19,20)17-8-4-9-18-10-6-13(12-18)11-16-14-5-2-3-7-15-14/h2-3,5,7,13,17H,4,6,8-12H2,1H3,(H,15,16). The van der Waals surface area contributed by atoms with Crippen molar-refractivity contribution in [3.05, 3.63) is 24.4 Å². The molecule has 1 aliphatic heterocycles. The maximum absolute atomic E-state index is 11.0. The van der Waals surface area contributed by atoms with Gasteiger partial charge in [0.05, 0.1) is 6.26 Å². The van der Waals surface area contributed by atoms with Gasteiger partial charge in [-0.3, -0.25) is 0 Å². The van der Waals surface area contributed by atoms with E-state index in [-0.39, 0.29) is 0 Å². The third kappa shape index (κ3) is 6.41. The molecule has 0 bridgehead atoms. The maximum Gasteiger partial charge on any atom is 0.208 e. The molecule has 7 heteroatoms. The predicted molar refractivity (Wildman–Crippen MR) is 84.7 cm³/mol. The van der Waals surface area contributed by atoms with Gasteiger partial charge in [0, 0.05) is 25.8 Å². The van der Waals surface area contributed by atoms with Crippen molar-refractivity contribution in [3.63, 3.8) is 0 Å². The van der Waals surface area contributed by atoms with E-state index in [1.165, 1.54) is 12.7 Å². The van der Waals surface area contributed by atoms with E-state index >= 15 is 0 Å². The quantitative estimate of drug-likeness (QED) is 0.693. The molecule has 0 spiro atoms. The number of pyridine rings is 1. The second kappa shape index (κ2) is 7.72. The van der Waals surface area contributed by atoms with Gasteiger partial charge in [-0.05, 0) is 44.0 Å². The molecule has 1 saturated heterocycles. The SMILES string of the molecule is CS(=O)(=O)NCCCN1CCC(CNc2ccccn2)C1. The molecule has 0 amide bonds. The van der Waals surface area contributed by atoms with Crippen LogP contribution in [0.1, 0.15) is 12.8 Å². The molecule has 1 unspecified atom stereocenters. The average molecular weight is 312 g/mol. The fourth-order valence-electron chi connectivity index (χ4n) is 2.56. The van der Waals surface area contributed by atoms with Crippen molar-refractivity contribution in [2.75, 3.05) is 44.3 Å². The number of anilines is 1. The summed E-state index contributed by atoms with van der Waals surface area (Å²) in [5, 5.41) is 3.36. The Morgan fingerprint density at radius 2 is 2.29 bits per heavy atom. The Kier molecular flexibility index (Phi) is 5.96. The smallest absolute Gasteiger partial charge is 0.208 e. The maximum atomic E-state index is 11.0. The van der Waals surface area contributed by atoms with Crippen molar-refractivity contribution in [3.8, 4) is 0 Å². The third-order valence-corrected chi connectivity index (χ3v) is 4.35. The zero-order chi connectivity index (χ0) is 15.1. The minimum Gasteiger partial charge on any atom is -0.370 e. The second-order valence-electron chi connectivity index (χ2n) is 5.57. The van der Waals surface area contributed by atoms with Crippen LogP contribution >= 0.6 is 0 Å². The Labute approximate surface area is 127 Å². The van der Waals surface area contributed by atoms with Crippen molar-refractivity contribution in [2.24, 2.45) is 5.92 Å². The van der Waals surface area contributed by atoms with E-state index in [1.54, 1.807) is 6.20 Å². The molecule has 2 rings (SSSR count). The van der Waals surface area contributed by atoms with Gasteiger partial charge < -0.3 is 10.2 Å². The summed E-state index contributed by atoms with van der Waals surface area (Å²) >= 11 is 0. The van der Waals surface area contributed by atoms with Crippen LogP contribution in [0, 0.1) is 5.92 Å². The van der Waals surface area contributed by atoms with Gasteiger partial charge in [0.1, 0.15) is 5.82 Å². The highest BCUT2D eigenvalue weighted by Gasteiger charge is 2.21. The van der Waals surface area contributed by atoms with E-state index in [1.807, 2.05) is 18.2 Å². The first kappa shape index (κ1) is 16.2. The lowest BCUT2D eigenvalue weighted by molar-refractivity contribution is 0.322. The van der Waals surface area contributed by atoms with Crippen LogP contribution in [0.15, 0.2) is 24.4 Å². The summed E-state index contributed by atoms with van der Waals surface area (Å²) in [5.74, 6) is 1.56. The highest BCUT2D eigenvalue weighted by Crippen LogP contribution is 2.16. The Morgan fingerprint density at radius 3 is 3.00 bits per heavy atom. The van der Waals surface area contributed by atoms with Gasteiger partial charge in [-0.1, -0.05) is 6.07 Å². The van der Waals surface area contributed by atoms with Crippen LogP contribution in [0.25, 0.3) is 0 Å². The number of nitrogens with one attached hydrogen (secondary N) is 2. The Balaban J connectivity index is 1.60. The van der Waals surface area contributed by atoms with Crippen LogP contribution in [0.4, 0.5) is 5.82 Å². The summed E-state index contributed by atoms with van der Waals surface area (Å²) in [7, 11) is -3.06. The summed E-state index contributed by atoms with van der Waals surface area (Å²) in [5.41, 5.74) is 0. The molecule has 21 heavy (non-hydrogen) atoms. The third-order valence-electron chi connectivity index (χ3n) is 3.62. The lowest BCUT2D eigenvalue weighted by atomic mass is 10.1. The topological polar surface area (TPSA) is 74.3 Å². The van der Waals surface area contributed by atoms with Crippen molar-refractivity contribution < 1.29 is 8.42 Å². The van der Waals surface area contributed by atoms with Crippen molar-refractivity contribution in [2.45, 2.75) is 12.8 Å². The van der Waals surface area contributed by atoms with E-state index in [2.05, 4.69) is 19.9 Å². The number of nitrogens with zero attached hydrogens (tertiary/aromatic N) is 2. The molecule has 1 fully saturated rings. The Bertz CT molecular complexity index is 521. The van der Waals surface area contributed by atoms with Crippen LogP contribution in [0.3, 0.4) is 0 Å². The second-order valence-corrected chi connectivity index (χ2v) is 7.40. The molecule has 2 heterocycles. The van der Waals surface area contributed by atoms with Crippen LogP contribution in [-0.4, -0.2) is 57.3 Å². The largest absolute Gasteiger partial charge is 0.370 e. The summed E-state index contributed by atoms with van der Waals surface area (Å²) < 4.78 is 24.4. The predicted octanol–water partition coefficient (Wildman–Crippen LogP) is 0.755. The monoisotopic (exact) mass is 312 g/mol. The first-order chi connectivity index (χ1) is 10.0. The van der Waals surface area contributed by atoms with Gasteiger partial charge in [-0.15, -0.1) is 0 Å². The molecule has 6 nitrogen and oxygen atoms in total. The first-order valence-corrected chi connectivity index (χ1v) is 9.24. The van der Waals surface area contributed by atoms with Gasteiger partial charge in [0.2, 0.25) is 10.0 Å². The lowest BCUT2D eigenvalue weighted by Gasteiger charge is -2.16. The molecule has 0 radical (unpaired) electrons. The Hall–Kier alpha value is -1.18. The highest BCUT2D eigenvalue weighted by molar-refractivity contribution is 7.88. The van der Waals surface area contributed by atoms with Gasteiger partial charge >= 0.3 is 0 Å². The summed E-state index contributed by atoms with van der Waals surface area (Å²) in [6, 6.07) is 5.86. The van der Waals surface area contributed by atoms with Crippen LogP contribution in [0.2, 0.25) is 0 Å². The van der Waals surface area contributed by atoms with Crippen LogP contribution in [-0.2, 0) is 10.0 Å². The van der Waals surface area contributed by atoms with Crippen molar-refractivity contribution in [1.82, 2.24) is 14.6 Å². The van der Waals surface area contributed by atoms with E-state index in [4.69, 9.17) is 0 Å². The minimum atomic E-state index is -3.06. The number of sulfonamides is 1. The van der Waals surface area contributed by atoms with E-state index in [0.717, 1.165) is 38.4 Å². The number of likely N-dealkylation sites (tertiary alicyclic amines) is 1. The number of hydrogen-bond donors (Lipinski definition) is 2. The summed E-state index contributed by atoms with van der Waals surface area (Å²) in [4.78, 5) is 6.65. The summed E-state index contributed by atoms with van der Waals surface area (Å²) in [6.45, 7) is 4.57. The van der Waals surface area contributed by atoms with E-state index in [9.17, 15) is 8.42 Å². The van der Waals surface area contributed by atoms with Gasteiger partial charge in [-0.25, -0.2) is 18.1 Å². The molecule has 0 saturated carbocycles. The number of rotatable bonds is 8. The molecule has 1 aliphatic rings. The fourth-order valence-corrected chi connectivity index (χ4v) is 3.07. The number of hydrogen-bond acceptors (Lipinski definition) is 5. The van der Waals surface area contributed by atoms with Crippen molar-refractivity contribution >= 4 is 15.8 Å². The zero-order valence-corrected chi connectivity index (χ0v) is 13.3. The molecule has 0 aromatic carbocycles. The van der Waals surface area contributed by atoms with E-state index in [0.29, 0.717) is 12.5 Å². The van der Waals surface area contributed by atoms with Crippen LogP contribution < -0.4 is 10.0 Å². The molecule has 1 aromatic heterocycles. The highest BCUT2D eigenvalue weighted by atomic mass is 32.2. The molecular weight excluding hydrogens is 288 g/mol. The molecule has 1 aromatic rings. The molecule has 0 aliphatic carbocycles. The average Bonchev–Trinajstić information content (AvgIpc) is 2.89. The molecular formula is C14H24N4O2S. The van der Waals surface area contributed by atoms with E-state index < -0.39 is 10.0 Å². The van der Waals surface area contributed by atoms with Gasteiger partial charge in [0.15, 0.2) is 0 Å². The first-order valence-electron chi connectivity index (χ1n) is 7.35. The van der Waals surface area contributed by atoms with Crippen LogP contribution in [0.5, 0.6) is 0 Å². The zero-order valence-electron chi connectivity index (χ0n) is 12.5. The lowest BCUT2D eigenvalue weighted by Crippen LogP contribution is -2.29. The molecule has 1 atom stereocenters. The normalized spacial score (nSPS) is 19.8. The molecule has 2 N–H and O–H groups in total. The Morgan fingerprint density at radius 1 is 1.43 bits per heavy atom. The molecule has 118 valence electrons. The summed E-state index contributed by atoms with van der Waals surface area (Å²) in [6.07, 6.45) is 5.02.